The number of benzene rings is 1. The van der Waals surface area contributed by atoms with Crippen LogP contribution in [0.4, 0.5) is 0 Å². The fourth-order valence-corrected chi connectivity index (χ4v) is 4.89. The van der Waals surface area contributed by atoms with Crippen LogP contribution in [0.15, 0.2) is 24.3 Å². The molecule has 0 N–H and O–H groups in total. The average Bonchev–Trinajstić information content (AvgIpc) is 3.03. The third kappa shape index (κ3) is 3.98. The second-order valence-corrected chi connectivity index (χ2v) is 8.35. The average molecular weight is 350 g/mol. The van der Waals surface area contributed by atoms with Crippen LogP contribution in [0.5, 0.6) is 0 Å². The molecule has 0 spiro atoms. The lowest BCUT2D eigenvalue weighted by atomic mass is 9.59. The summed E-state index contributed by atoms with van der Waals surface area (Å²) in [5.74, 6) is 0. The van der Waals surface area contributed by atoms with Crippen LogP contribution in [0.3, 0.4) is 0 Å². The van der Waals surface area contributed by atoms with E-state index < -0.39 is 0 Å². The highest BCUT2D eigenvalue weighted by Crippen LogP contribution is 2.49. The van der Waals surface area contributed by atoms with Crippen molar-refractivity contribution in [2.24, 2.45) is 0 Å². The minimum atomic E-state index is 0.307. The standard InChI is InChI=1S/C21H32ClNO/c1-23(2)20(9-5-16-24-19-7-3-4-8-19)21(14-6-15-21)17-10-12-18(22)13-11-17/h10-13,19-20H,3-9,14-16H2,1-2H3. The Morgan fingerprint density at radius 3 is 2.33 bits per heavy atom. The van der Waals surface area contributed by atoms with Crippen LogP contribution in [0.25, 0.3) is 0 Å². The van der Waals surface area contributed by atoms with Gasteiger partial charge in [-0.1, -0.05) is 43.0 Å². The third-order valence-electron chi connectivity index (χ3n) is 6.20. The molecule has 2 aliphatic rings. The summed E-state index contributed by atoms with van der Waals surface area (Å²) in [4.78, 5) is 2.43. The van der Waals surface area contributed by atoms with Gasteiger partial charge in [0.15, 0.2) is 0 Å². The molecular weight excluding hydrogens is 318 g/mol. The molecule has 2 aliphatic carbocycles. The maximum absolute atomic E-state index is 6.10. The Hall–Kier alpha value is -0.570. The molecule has 0 aliphatic heterocycles. The van der Waals surface area contributed by atoms with Gasteiger partial charge in [-0.05, 0) is 70.3 Å². The van der Waals surface area contributed by atoms with E-state index in [1.54, 1.807) is 0 Å². The van der Waals surface area contributed by atoms with Crippen LogP contribution in [0.1, 0.15) is 63.4 Å². The van der Waals surface area contributed by atoms with Crippen LogP contribution < -0.4 is 0 Å². The zero-order chi connectivity index (χ0) is 17.0. The van der Waals surface area contributed by atoms with Gasteiger partial charge in [0.2, 0.25) is 0 Å². The van der Waals surface area contributed by atoms with Crippen LogP contribution in [-0.2, 0) is 10.2 Å². The highest BCUT2D eigenvalue weighted by molar-refractivity contribution is 6.30. The Bertz CT molecular complexity index is 503. The molecule has 0 saturated heterocycles. The monoisotopic (exact) mass is 349 g/mol. The summed E-state index contributed by atoms with van der Waals surface area (Å²) in [6.45, 7) is 0.922. The van der Waals surface area contributed by atoms with Crippen LogP contribution in [-0.4, -0.2) is 37.7 Å². The molecule has 2 nitrogen and oxygen atoms in total. The summed E-state index contributed by atoms with van der Waals surface area (Å²) >= 11 is 6.10. The lowest BCUT2D eigenvalue weighted by molar-refractivity contribution is 0.0405. The predicted molar refractivity (Wildman–Crippen MR) is 102 cm³/mol. The van der Waals surface area contributed by atoms with Crippen molar-refractivity contribution in [2.75, 3.05) is 20.7 Å². The van der Waals surface area contributed by atoms with Crippen molar-refractivity contribution in [3.05, 3.63) is 34.9 Å². The van der Waals surface area contributed by atoms with E-state index in [0.717, 1.165) is 18.1 Å². The van der Waals surface area contributed by atoms with Gasteiger partial charge in [-0.25, -0.2) is 0 Å². The first-order chi connectivity index (χ1) is 11.6. The van der Waals surface area contributed by atoms with Gasteiger partial charge in [0.1, 0.15) is 0 Å². The Morgan fingerprint density at radius 1 is 1.12 bits per heavy atom. The normalized spacial score (nSPS) is 21.8. The van der Waals surface area contributed by atoms with Crippen LogP contribution in [0, 0.1) is 0 Å². The van der Waals surface area contributed by atoms with Crippen molar-refractivity contribution >= 4 is 11.6 Å². The fraction of sp³-hybridized carbons (Fsp3) is 0.714. The number of likely N-dealkylation sites (N-methyl/N-ethyl adjacent to an activating group) is 1. The van der Waals surface area contributed by atoms with Gasteiger partial charge >= 0.3 is 0 Å². The topological polar surface area (TPSA) is 12.5 Å². The molecular formula is C21H32ClNO. The Morgan fingerprint density at radius 2 is 1.79 bits per heavy atom. The molecule has 0 aromatic heterocycles. The first-order valence-electron chi connectivity index (χ1n) is 9.66. The maximum Gasteiger partial charge on any atom is 0.0575 e. The van der Waals surface area contributed by atoms with Crippen LogP contribution >= 0.6 is 11.6 Å². The third-order valence-corrected chi connectivity index (χ3v) is 6.46. The molecule has 2 fully saturated rings. The number of halogens is 1. The summed E-state index contributed by atoms with van der Waals surface area (Å²) in [5, 5.41) is 0.833. The van der Waals surface area contributed by atoms with Crippen molar-refractivity contribution in [3.63, 3.8) is 0 Å². The molecule has 1 aromatic rings. The summed E-state index contributed by atoms with van der Waals surface area (Å²) in [7, 11) is 4.47. The minimum Gasteiger partial charge on any atom is -0.378 e. The SMILES string of the molecule is CN(C)C(CCCOC1CCCC1)C1(c2ccc(Cl)cc2)CCC1. The number of ether oxygens (including phenoxy) is 1. The molecule has 0 bridgehead atoms. The Balaban J connectivity index is 1.61. The number of rotatable bonds is 8. The van der Waals surface area contributed by atoms with Gasteiger partial charge < -0.3 is 9.64 Å². The smallest absolute Gasteiger partial charge is 0.0575 e. The molecule has 24 heavy (non-hydrogen) atoms. The van der Waals surface area contributed by atoms with Crippen molar-refractivity contribution < 1.29 is 4.74 Å². The fourth-order valence-electron chi connectivity index (χ4n) is 4.76. The Labute approximate surface area is 152 Å². The molecule has 134 valence electrons. The number of hydrogen-bond acceptors (Lipinski definition) is 2. The summed E-state index contributed by atoms with van der Waals surface area (Å²) in [5.41, 5.74) is 1.77. The minimum absolute atomic E-state index is 0.307. The van der Waals surface area contributed by atoms with E-state index in [9.17, 15) is 0 Å². The van der Waals surface area contributed by atoms with E-state index in [0.29, 0.717) is 17.6 Å². The van der Waals surface area contributed by atoms with E-state index in [2.05, 4.69) is 31.1 Å². The lowest BCUT2D eigenvalue weighted by Gasteiger charge is -2.51. The molecule has 1 atom stereocenters. The lowest BCUT2D eigenvalue weighted by Crippen LogP contribution is -2.52. The molecule has 0 radical (unpaired) electrons. The molecule has 0 amide bonds. The molecule has 2 saturated carbocycles. The zero-order valence-corrected chi connectivity index (χ0v) is 16.0. The largest absolute Gasteiger partial charge is 0.378 e. The first kappa shape index (κ1) is 18.2. The summed E-state index contributed by atoms with van der Waals surface area (Å²) in [6, 6.07) is 9.17. The van der Waals surface area contributed by atoms with Crippen molar-refractivity contribution in [1.82, 2.24) is 4.90 Å². The second kappa shape index (κ2) is 8.21. The van der Waals surface area contributed by atoms with Gasteiger partial charge in [0, 0.05) is 23.1 Å². The summed E-state index contributed by atoms with van der Waals surface area (Å²) in [6.07, 6.45) is 12.1. The number of hydrogen-bond donors (Lipinski definition) is 0. The van der Waals surface area contributed by atoms with E-state index in [1.165, 1.54) is 56.9 Å². The molecule has 1 unspecified atom stereocenters. The van der Waals surface area contributed by atoms with Crippen LogP contribution in [0.2, 0.25) is 5.02 Å². The van der Waals surface area contributed by atoms with Gasteiger partial charge in [-0.15, -0.1) is 0 Å². The van der Waals surface area contributed by atoms with Crippen molar-refractivity contribution in [2.45, 2.75) is 75.3 Å². The molecule has 3 heteroatoms. The quantitative estimate of drug-likeness (QED) is 0.580. The van der Waals surface area contributed by atoms with Crippen molar-refractivity contribution in [1.29, 1.82) is 0 Å². The highest BCUT2D eigenvalue weighted by Gasteiger charge is 2.45. The van der Waals surface area contributed by atoms with Gasteiger partial charge in [-0.3, -0.25) is 0 Å². The maximum atomic E-state index is 6.10. The van der Waals surface area contributed by atoms with Crippen molar-refractivity contribution in [3.8, 4) is 0 Å². The molecule has 0 heterocycles. The predicted octanol–water partition coefficient (Wildman–Crippen LogP) is 5.43. The highest BCUT2D eigenvalue weighted by atomic mass is 35.5. The number of nitrogens with zero attached hydrogens (tertiary/aromatic N) is 1. The van der Waals surface area contributed by atoms with E-state index >= 15 is 0 Å². The van der Waals surface area contributed by atoms with Gasteiger partial charge in [0.05, 0.1) is 6.10 Å². The molecule has 3 rings (SSSR count). The summed E-state index contributed by atoms with van der Waals surface area (Å²) < 4.78 is 6.08. The van der Waals surface area contributed by atoms with E-state index in [1.807, 2.05) is 12.1 Å². The van der Waals surface area contributed by atoms with E-state index in [4.69, 9.17) is 16.3 Å². The second-order valence-electron chi connectivity index (χ2n) is 7.92. The Kier molecular flexibility index (Phi) is 6.23. The van der Waals surface area contributed by atoms with Gasteiger partial charge in [0.25, 0.3) is 0 Å². The zero-order valence-electron chi connectivity index (χ0n) is 15.3. The van der Waals surface area contributed by atoms with E-state index in [-0.39, 0.29) is 0 Å². The van der Waals surface area contributed by atoms with Gasteiger partial charge in [-0.2, -0.15) is 0 Å². The first-order valence-corrected chi connectivity index (χ1v) is 10.0. The molecule has 1 aromatic carbocycles.